The van der Waals surface area contributed by atoms with Gasteiger partial charge in [0.1, 0.15) is 5.52 Å². The Kier molecular flexibility index (Phi) is 4.49. The predicted octanol–water partition coefficient (Wildman–Crippen LogP) is 6.86. The summed E-state index contributed by atoms with van der Waals surface area (Å²) in [4.78, 5) is 17.4. The third-order valence-electron chi connectivity index (χ3n) is 5.09. The molecule has 0 unspecified atom stereocenters. The number of nitrogens with zero attached hydrogens (tertiary/aromatic N) is 1. The van der Waals surface area contributed by atoms with E-state index in [4.69, 9.17) is 16.0 Å². The highest BCUT2D eigenvalue weighted by atomic mass is 35.5. The number of nitrogens with one attached hydrogen (secondary N) is 1. The van der Waals surface area contributed by atoms with Crippen LogP contribution in [0.1, 0.15) is 15.9 Å². The van der Waals surface area contributed by atoms with Crippen LogP contribution in [0, 0.1) is 6.92 Å². The Balaban J connectivity index is 1.47. The van der Waals surface area contributed by atoms with Gasteiger partial charge in [-0.1, -0.05) is 48.0 Å². The standard InChI is InChI=1S/C25H17ClN2O2/c1-15-6-7-19(25-28-22-14-20(26)10-11-23(22)30-25)13-21(15)27-24(29)18-9-8-16-4-2-3-5-17(16)12-18/h2-14H,1H3,(H,27,29). The van der Waals surface area contributed by atoms with Crippen molar-refractivity contribution in [2.45, 2.75) is 6.92 Å². The molecule has 146 valence electrons. The number of oxazole rings is 1. The molecule has 0 aliphatic heterocycles. The summed E-state index contributed by atoms with van der Waals surface area (Å²) < 4.78 is 5.86. The Morgan fingerprint density at radius 2 is 1.77 bits per heavy atom. The van der Waals surface area contributed by atoms with E-state index in [1.54, 1.807) is 18.2 Å². The fourth-order valence-electron chi connectivity index (χ4n) is 3.44. The summed E-state index contributed by atoms with van der Waals surface area (Å²) in [6.45, 7) is 1.95. The van der Waals surface area contributed by atoms with E-state index in [1.807, 2.05) is 67.6 Å². The molecule has 1 heterocycles. The number of carbonyl (C=O) groups excluding carboxylic acids is 1. The lowest BCUT2D eigenvalue weighted by Crippen LogP contribution is -2.12. The summed E-state index contributed by atoms with van der Waals surface area (Å²) in [7, 11) is 0. The number of rotatable bonds is 3. The van der Waals surface area contributed by atoms with Crippen molar-refractivity contribution in [1.82, 2.24) is 4.98 Å². The van der Waals surface area contributed by atoms with Crippen molar-refractivity contribution in [2.75, 3.05) is 5.32 Å². The Labute approximate surface area is 178 Å². The molecule has 1 amide bonds. The monoisotopic (exact) mass is 412 g/mol. The van der Waals surface area contributed by atoms with Crippen LogP contribution in [-0.4, -0.2) is 10.9 Å². The lowest BCUT2D eigenvalue weighted by atomic mass is 10.1. The second kappa shape index (κ2) is 7.32. The first-order chi connectivity index (χ1) is 14.6. The number of hydrogen-bond donors (Lipinski definition) is 1. The molecule has 5 heteroatoms. The summed E-state index contributed by atoms with van der Waals surface area (Å²) in [6.07, 6.45) is 0. The zero-order valence-corrected chi connectivity index (χ0v) is 16.9. The van der Waals surface area contributed by atoms with Gasteiger partial charge >= 0.3 is 0 Å². The number of amides is 1. The number of aryl methyl sites for hydroxylation is 1. The maximum Gasteiger partial charge on any atom is 0.255 e. The number of carbonyl (C=O) groups is 1. The van der Waals surface area contributed by atoms with Crippen molar-refractivity contribution in [1.29, 1.82) is 0 Å². The van der Waals surface area contributed by atoms with Crippen molar-refractivity contribution in [2.24, 2.45) is 0 Å². The van der Waals surface area contributed by atoms with Gasteiger partial charge in [-0.3, -0.25) is 4.79 Å². The average molecular weight is 413 g/mol. The fraction of sp³-hybridized carbons (Fsp3) is 0.0400. The summed E-state index contributed by atoms with van der Waals surface area (Å²) in [5.41, 5.74) is 4.41. The van der Waals surface area contributed by atoms with E-state index in [1.165, 1.54) is 0 Å². The van der Waals surface area contributed by atoms with Crippen LogP contribution < -0.4 is 5.32 Å². The quantitative estimate of drug-likeness (QED) is 0.352. The van der Waals surface area contributed by atoms with Gasteiger partial charge in [0.05, 0.1) is 0 Å². The summed E-state index contributed by atoms with van der Waals surface area (Å²) in [5, 5.41) is 5.75. The highest BCUT2D eigenvalue weighted by molar-refractivity contribution is 6.31. The van der Waals surface area contributed by atoms with Gasteiger partial charge in [-0.15, -0.1) is 0 Å². The van der Waals surface area contributed by atoms with Crippen LogP contribution in [0.2, 0.25) is 5.02 Å². The van der Waals surface area contributed by atoms with Crippen LogP contribution in [0.5, 0.6) is 0 Å². The maximum atomic E-state index is 12.9. The number of anilines is 1. The van der Waals surface area contributed by atoms with E-state index in [0.717, 1.165) is 21.9 Å². The lowest BCUT2D eigenvalue weighted by Gasteiger charge is -2.10. The maximum absolute atomic E-state index is 12.9. The topological polar surface area (TPSA) is 55.1 Å². The van der Waals surface area contributed by atoms with Crippen molar-refractivity contribution >= 4 is 45.1 Å². The zero-order valence-electron chi connectivity index (χ0n) is 16.1. The number of fused-ring (bicyclic) bond motifs is 2. The summed E-state index contributed by atoms with van der Waals surface area (Å²) in [5.74, 6) is 0.318. The van der Waals surface area contributed by atoms with Crippen LogP contribution in [0.15, 0.2) is 83.3 Å². The van der Waals surface area contributed by atoms with E-state index in [-0.39, 0.29) is 5.91 Å². The van der Waals surface area contributed by atoms with Crippen molar-refractivity contribution in [3.8, 4) is 11.5 Å². The number of hydrogen-bond acceptors (Lipinski definition) is 3. The molecule has 0 radical (unpaired) electrons. The smallest absolute Gasteiger partial charge is 0.255 e. The van der Waals surface area contributed by atoms with Gasteiger partial charge in [-0.05, 0) is 65.7 Å². The van der Waals surface area contributed by atoms with Crippen LogP contribution in [0.4, 0.5) is 5.69 Å². The summed E-state index contributed by atoms with van der Waals surface area (Å²) >= 11 is 6.04. The molecule has 0 atom stereocenters. The van der Waals surface area contributed by atoms with E-state index < -0.39 is 0 Å². The predicted molar refractivity (Wildman–Crippen MR) is 121 cm³/mol. The Morgan fingerprint density at radius 1 is 0.933 bits per heavy atom. The van der Waals surface area contributed by atoms with E-state index in [2.05, 4.69) is 10.3 Å². The Bertz CT molecular complexity index is 1420. The molecule has 5 aromatic rings. The van der Waals surface area contributed by atoms with Crippen LogP contribution in [0.3, 0.4) is 0 Å². The molecule has 0 saturated heterocycles. The van der Waals surface area contributed by atoms with Gasteiger partial charge in [-0.25, -0.2) is 4.98 Å². The van der Waals surface area contributed by atoms with Crippen LogP contribution in [-0.2, 0) is 0 Å². The minimum absolute atomic E-state index is 0.162. The molecule has 0 aliphatic carbocycles. The van der Waals surface area contributed by atoms with E-state index >= 15 is 0 Å². The lowest BCUT2D eigenvalue weighted by molar-refractivity contribution is 0.102. The van der Waals surface area contributed by atoms with Gasteiger partial charge in [-0.2, -0.15) is 0 Å². The van der Waals surface area contributed by atoms with Crippen LogP contribution in [0.25, 0.3) is 33.3 Å². The zero-order chi connectivity index (χ0) is 20.7. The second-order valence-electron chi connectivity index (χ2n) is 7.18. The third kappa shape index (κ3) is 3.42. The molecule has 4 nitrogen and oxygen atoms in total. The molecule has 30 heavy (non-hydrogen) atoms. The number of benzene rings is 4. The molecular weight excluding hydrogens is 396 g/mol. The molecule has 0 saturated carbocycles. The van der Waals surface area contributed by atoms with Gasteiger partial charge in [0.2, 0.25) is 5.89 Å². The SMILES string of the molecule is Cc1ccc(-c2nc3cc(Cl)ccc3o2)cc1NC(=O)c1ccc2ccccc2c1. The Morgan fingerprint density at radius 3 is 2.63 bits per heavy atom. The minimum atomic E-state index is -0.162. The van der Waals surface area contributed by atoms with Crippen molar-refractivity contribution < 1.29 is 9.21 Å². The minimum Gasteiger partial charge on any atom is -0.436 e. The number of aromatic nitrogens is 1. The fourth-order valence-corrected chi connectivity index (χ4v) is 3.61. The van der Waals surface area contributed by atoms with Crippen molar-refractivity contribution in [3.05, 3.63) is 95.0 Å². The van der Waals surface area contributed by atoms with Crippen LogP contribution >= 0.6 is 11.6 Å². The number of halogens is 1. The molecule has 1 N–H and O–H groups in total. The van der Waals surface area contributed by atoms with E-state index in [9.17, 15) is 4.79 Å². The Hall–Kier alpha value is -3.63. The first kappa shape index (κ1) is 18.4. The molecule has 0 fully saturated rings. The average Bonchev–Trinajstić information content (AvgIpc) is 3.18. The second-order valence-corrected chi connectivity index (χ2v) is 7.61. The molecule has 4 aromatic carbocycles. The third-order valence-corrected chi connectivity index (χ3v) is 5.33. The first-order valence-electron chi connectivity index (χ1n) is 9.54. The van der Waals surface area contributed by atoms with Gasteiger partial charge in [0, 0.05) is 21.8 Å². The highest BCUT2D eigenvalue weighted by Gasteiger charge is 2.13. The first-order valence-corrected chi connectivity index (χ1v) is 9.92. The molecule has 0 bridgehead atoms. The largest absolute Gasteiger partial charge is 0.436 e. The molecular formula is C25H17ClN2O2. The summed E-state index contributed by atoms with van der Waals surface area (Å²) in [6, 6.07) is 24.7. The highest BCUT2D eigenvalue weighted by Crippen LogP contribution is 2.29. The molecule has 0 aliphatic rings. The van der Waals surface area contributed by atoms with E-state index in [0.29, 0.717) is 33.3 Å². The normalized spacial score (nSPS) is 11.1. The molecule has 0 spiro atoms. The van der Waals surface area contributed by atoms with Gasteiger partial charge in [0.15, 0.2) is 5.58 Å². The van der Waals surface area contributed by atoms with Crippen molar-refractivity contribution in [3.63, 3.8) is 0 Å². The van der Waals surface area contributed by atoms with Gasteiger partial charge in [0.25, 0.3) is 5.91 Å². The molecule has 1 aromatic heterocycles. The van der Waals surface area contributed by atoms with Gasteiger partial charge < -0.3 is 9.73 Å². The molecule has 5 rings (SSSR count).